The Morgan fingerprint density at radius 1 is 1.16 bits per heavy atom. The molecule has 2 heterocycles. The fourth-order valence-electron chi connectivity index (χ4n) is 3.31. The first-order valence-electron chi connectivity index (χ1n) is 9.93. The van der Waals surface area contributed by atoms with Gasteiger partial charge in [0.2, 0.25) is 5.91 Å². The highest BCUT2D eigenvalue weighted by atomic mass is 35.5. The summed E-state index contributed by atoms with van der Waals surface area (Å²) in [5.41, 5.74) is 0.576. The molecule has 9 heteroatoms. The highest BCUT2D eigenvalue weighted by Gasteiger charge is 2.23. The molecule has 1 aliphatic heterocycles. The summed E-state index contributed by atoms with van der Waals surface area (Å²) in [5, 5.41) is 0.760. The second-order valence-electron chi connectivity index (χ2n) is 6.92. The molecule has 0 atom stereocenters. The van der Waals surface area contributed by atoms with Crippen molar-refractivity contribution in [1.82, 2.24) is 14.9 Å². The molecular weight excluding hydrogens is 437 g/mol. The summed E-state index contributed by atoms with van der Waals surface area (Å²) < 4.78 is 14.0. The maximum atomic E-state index is 14.0. The number of thioether (sulfide) groups is 1. The smallest absolute Gasteiger partial charge is 0.233 e. The van der Waals surface area contributed by atoms with Crippen molar-refractivity contribution in [2.45, 2.75) is 5.16 Å². The first kappa shape index (κ1) is 23.1. The van der Waals surface area contributed by atoms with E-state index in [0.29, 0.717) is 61.1 Å². The van der Waals surface area contributed by atoms with Crippen LogP contribution < -0.4 is 9.80 Å². The third kappa shape index (κ3) is 6.21. The van der Waals surface area contributed by atoms with Crippen LogP contribution in [0.2, 0.25) is 5.15 Å². The van der Waals surface area contributed by atoms with E-state index < -0.39 is 0 Å². The summed E-state index contributed by atoms with van der Waals surface area (Å²) in [4.78, 5) is 27.2. The van der Waals surface area contributed by atoms with Gasteiger partial charge in [0.25, 0.3) is 0 Å². The summed E-state index contributed by atoms with van der Waals surface area (Å²) in [6.45, 7) is 11.0. The van der Waals surface area contributed by atoms with Crippen LogP contribution in [0.4, 0.5) is 15.9 Å². The molecule has 1 aromatic heterocycles. The van der Waals surface area contributed by atoms with Crippen LogP contribution in [0.25, 0.3) is 0 Å². The maximum absolute atomic E-state index is 14.0. The van der Waals surface area contributed by atoms with Crippen molar-refractivity contribution in [2.75, 3.05) is 54.8 Å². The Morgan fingerprint density at radius 3 is 2.48 bits per heavy atom. The van der Waals surface area contributed by atoms with Gasteiger partial charge in [-0.1, -0.05) is 47.6 Å². The molecule has 2 aromatic rings. The number of benzene rings is 1. The van der Waals surface area contributed by atoms with E-state index in [1.165, 1.54) is 17.8 Å². The van der Waals surface area contributed by atoms with Crippen LogP contribution in [0.15, 0.2) is 60.8 Å². The quantitative estimate of drug-likeness (QED) is 0.244. The monoisotopic (exact) mass is 461 g/mol. The molecular formula is C22H25ClFN5OS. The zero-order chi connectivity index (χ0) is 22.2. The van der Waals surface area contributed by atoms with Gasteiger partial charge < -0.3 is 14.7 Å². The van der Waals surface area contributed by atoms with Gasteiger partial charge in [0, 0.05) is 45.3 Å². The van der Waals surface area contributed by atoms with Crippen LogP contribution in [0.1, 0.15) is 0 Å². The average Bonchev–Trinajstić information content (AvgIpc) is 2.77. The van der Waals surface area contributed by atoms with E-state index in [9.17, 15) is 9.18 Å². The van der Waals surface area contributed by atoms with Gasteiger partial charge in [0.1, 0.15) is 16.8 Å². The highest BCUT2D eigenvalue weighted by molar-refractivity contribution is 7.99. The number of amides is 1. The molecule has 0 radical (unpaired) electrons. The standard InChI is InChI=1S/C22H25ClFN5OS/c1-3-9-28(10-4-2)20-15-19(23)25-22(26-20)31-16-21(30)29-13-11-27(12-14-29)18-8-6-5-7-17(18)24/h3-8,15H,1-2,9-14,16H2. The number of hydrogen-bond acceptors (Lipinski definition) is 6. The Balaban J connectivity index is 1.57. The first-order chi connectivity index (χ1) is 15.0. The van der Waals surface area contributed by atoms with Crippen molar-refractivity contribution in [3.05, 3.63) is 66.6 Å². The lowest BCUT2D eigenvalue weighted by atomic mass is 10.2. The minimum atomic E-state index is -0.242. The molecule has 164 valence electrons. The predicted molar refractivity (Wildman–Crippen MR) is 126 cm³/mol. The lowest BCUT2D eigenvalue weighted by Crippen LogP contribution is -2.49. The second-order valence-corrected chi connectivity index (χ2v) is 8.25. The van der Waals surface area contributed by atoms with E-state index in [1.807, 2.05) is 15.9 Å². The summed E-state index contributed by atoms with van der Waals surface area (Å²) in [7, 11) is 0. The van der Waals surface area contributed by atoms with Crippen molar-refractivity contribution >= 4 is 40.8 Å². The van der Waals surface area contributed by atoms with Gasteiger partial charge in [-0.3, -0.25) is 4.79 Å². The zero-order valence-electron chi connectivity index (χ0n) is 17.2. The van der Waals surface area contributed by atoms with E-state index in [1.54, 1.807) is 35.3 Å². The normalized spacial score (nSPS) is 13.7. The lowest BCUT2D eigenvalue weighted by molar-refractivity contribution is -0.128. The van der Waals surface area contributed by atoms with Crippen LogP contribution in [-0.2, 0) is 4.79 Å². The van der Waals surface area contributed by atoms with E-state index in [-0.39, 0.29) is 17.5 Å². The summed E-state index contributed by atoms with van der Waals surface area (Å²) in [6, 6.07) is 8.39. The summed E-state index contributed by atoms with van der Waals surface area (Å²) in [5.74, 6) is 0.627. The molecule has 0 saturated carbocycles. The number of carbonyl (C=O) groups is 1. The van der Waals surface area contributed by atoms with Crippen LogP contribution in [0.3, 0.4) is 0 Å². The highest BCUT2D eigenvalue weighted by Crippen LogP contribution is 2.23. The number of hydrogen-bond donors (Lipinski definition) is 0. The van der Waals surface area contributed by atoms with Crippen LogP contribution in [-0.4, -0.2) is 65.8 Å². The fraction of sp³-hybridized carbons (Fsp3) is 0.318. The number of rotatable bonds is 9. The number of carbonyl (C=O) groups excluding carboxylic acids is 1. The van der Waals surface area contributed by atoms with Gasteiger partial charge >= 0.3 is 0 Å². The Kier molecular flexibility index (Phi) is 8.31. The molecule has 31 heavy (non-hydrogen) atoms. The number of anilines is 2. The number of aromatic nitrogens is 2. The van der Waals surface area contributed by atoms with E-state index in [0.717, 1.165) is 0 Å². The largest absolute Gasteiger partial charge is 0.366 e. The minimum Gasteiger partial charge on any atom is -0.366 e. The molecule has 1 fully saturated rings. The van der Waals surface area contributed by atoms with Gasteiger partial charge in [-0.05, 0) is 12.1 Å². The molecule has 1 aromatic carbocycles. The minimum absolute atomic E-state index is 0.00246. The van der Waals surface area contributed by atoms with Gasteiger partial charge in [-0.25, -0.2) is 14.4 Å². The Morgan fingerprint density at radius 2 is 1.84 bits per heavy atom. The number of para-hydroxylation sites is 1. The molecule has 0 N–H and O–H groups in total. The number of nitrogens with zero attached hydrogens (tertiary/aromatic N) is 5. The van der Waals surface area contributed by atoms with Crippen LogP contribution >= 0.6 is 23.4 Å². The second kappa shape index (κ2) is 11.2. The topological polar surface area (TPSA) is 52.6 Å². The summed E-state index contributed by atoms with van der Waals surface area (Å²) >= 11 is 7.43. The SMILES string of the molecule is C=CCN(CC=C)c1cc(Cl)nc(SCC(=O)N2CCN(c3ccccc3F)CC2)n1. The maximum Gasteiger partial charge on any atom is 0.233 e. The zero-order valence-corrected chi connectivity index (χ0v) is 18.8. The predicted octanol–water partition coefficient (Wildman–Crippen LogP) is 3.89. The van der Waals surface area contributed by atoms with Crippen LogP contribution in [0, 0.1) is 5.82 Å². The average molecular weight is 462 g/mol. The summed E-state index contributed by atoms with van der Waals surface area (Å²) in [6.07, 6.45) is 3.55. The fourth-order valence-corrected chi connectivity index (χ4v) is 4.29. The molecule has 0 bridgehead atoms. The molecule has 0 spiro atoms. The first-order valence-corrected chi connectivity index (χ1v) is 11.3. The molecule has 1 aliphatic rings. The van der Waals surface area contributed by atoms with Gasteiger partial charge in [-0.15, -0.1) is 13.2 Å². The van der Waals surface area contributed by atoms with Crippen molar-refractivity contribution in [2.24, 2.45) is 0 Å². The third-order valence-electron chi connectivity index (χ3n) is 4.83. The molecule has 3 rings (SSSR count). The van der Waals surface area contributed by atoms with Crippen LogP contribution in [0.5, 0.6) is 0 Å². The van der Waals surface area contributed by atoms with Gasteiger partial charge in [0.05, 0.1) is 11.4 Å². The molecule has 6 nitrogen and oxygen atoms in total. The molecule has 0 aliphatic carbocycles. The Hall–Kier alpha value is -2.58. The van der Waals surface area contributed by atoms with Crippen molar-refractivity contribution in [3.8, 4) is 0 Å². The molecule has 1 saturated heterocycles. The van der Waals surface area contributed by atoms with Gasteiger partial charge in [-0.2, -0.15) is 0 Å². The van der Waals surface area contributed by atoms with E-state index in [2.05, 4.69) is 23.1 Å². The van der Waals surface area contributed by atoms with Crippen molar-refractivity contribution in [1.29, 1.82) is 0 Å². The Bertz CT molecular complexity index is 926. The third-order valence-corrected chi connectivity index (χ3v) is 5.86. The molecule has 1 amide bonds. The number of piperazine rings is 1. The van der Waals surface area contributed by atoms with Gasteiger partial charge in [0.15, 0.2) is 5.16 Å². The molecule has 0 unspecified atom stereocenters. The van der Waals surface area contributed by atoms with Crippen molar-refractivity contribution < 1.29 is 9.18 Å². The van der Waals surface area contributed by atoms with Crippen molar-refractivity contribution in [3.63, 3.8) is 0 Å². The van der Waals surface area contributed by atoms with E-state index in [4.69, 9.17) is 11.6 Å². The lowest BCUT2D eigenvalue weighted by Gasteiger charge is -2.36. The van der Waals surface area contributed by atoms with E-state index >= 15 is 0 Å². The number of halogens is 2. The Labute approximate surface area is 191 Å².